The van der Waals surface area contributed by atoms with Crippen LogP contribution in [0.2, 0.25) is 0 Å². The minimum atomic E-state index is -0.495. The monoisotopic (exact) mass is 890 g/mol. The van der Waals surface area contributed by atoms with E-state index >= 15 is 0 Å². The van der Waals surface area contributed by atoms with Crippen molar-refractivity contribution in [1.82, 2.24) is 4.57 Å². The Kier molecular flexibility index (Phi) is 8.08. The molecule has 3 aliphatic carbocycles. The molecule has 15 rings (SSSR count). The molecule has 0 saturated carbocycles. The summed E-state index contributed by atoms with van der Waals surface area (Å²) in [4.78, 5) is 2.39. The maximum Gasteiger partial charge on any atom is 0.0725 e. The first kappa shape index (κ1) is 39.3. The van der Waals surface area contributed by atoms with Crippen LogP contribution in [0, 0.1) is 0 Å². The predicted octanol–water partition coefficient (Wildman–Crippen LogP) is 17.7. The minimum absolute atomic E-state index is 0.302. The second kappa shape index (κ2) is 14.4. The number of nitrogens with zero attached hydrogens (tertiary/aromatic N) is 2. The topological polar surface area (TPSA) is 8.17 Å². The van der Waals surface area contributed by atoms with Gasteiger partial charge in [-0.2, -0.15) is 0 Å². The summed E-state index contributed by atoms with van der Waals surface area (Å²) in [6.45, 7) is 4.97. The van der Waals surface area contributed by atoms with Gasteiger partial charge >= 0.3 is 0 Å². The molecule has 70 heavy (non-hydrogen) atoms. The molecule has 1 heterocycles. The van der Waals surface area contributed by atoms with E-state index in [2.05, 4.69) is 266 Å². The van der Waals surface area contributed by atoms with Gasteiger partial charge in [-0.3, -0.25) is 0 Å². The minimum Gasteiger partial charge on any atom is -0.310 e. The van der Waals surface area contributed by atoms with Crippen LogP contribution in [0.4, 0.5) is 17.1 Å². The van der Waals surface area contributed by atoms with E-state index < -0.39 is 5.41 Å². The molecule has 0 amide bonds. The largest absolute Gasteiger partial charge is 0.310 e. The molecule has 11 aromatic carbocycles. The predicted molar refractivity (Wildman–Crippen MR) is 292 cm³/mol. The summed E-state index contributed by atoms with van der Waals surface area (Å²) in [6, 6.07) is 90.6. The lowest BCUT2D eigenvalue weighted by molar-refractivity contribution is 0.667. The highest BCUT2D eigenvalue weighted by Crippen LogP contribution is 2.67. The van der Waals surface area contributed by atoms with Gasteiger partial charge in [-0.15, -0.1) is 0 Å². The second-order valence-electron chi connectivity index (χ2n) is 19.9. The third-order valence-corrected chi connectivity index (χ3v) is 16.1. The van der Waals surface area contributed by atoms with Gasteiger partial charge in [0, 0.05) is 38.6 Å². The van der Waals surface area contributed by atoms with Crippen molar-refractivity contribution >= 4 is 49.6 Å². The first-order valence-electron chi connectivity index (χ1n) is 24.6. The Bertz CT molecular complexity index is 4130. The average Bonchev–Trinajstić information content (AvgIpc) is 4.09. The fraction of sp³-hybridized carbons (Fsp3) is 0.0588. The number of hydrogen-bond donors (Lipinski definition) is 0. The molecule has 2 nitrogen and oxygen atoms in total. The molecule has 1 spiro atoms. The molecule has 3 aliphatic rings. The Morgan fingerprint density at radius 2 is 0.957 bits per heavy atom. The van der Waals surface area contributed by atoms with E-state index in [-0.39, 0.29) is 5.41 Å². The van der Waals surface area contributed by atoms with E-state index in [1.807, 2.05) is 0 Å². The van der Waals surface area contributed by atoms with Gasteiger partial charge < -0.3 is 9.47 Å². The van der Waals surface area contributed by atoms with Crippen LogP contribution in [0.15, 0.2) is 243 Å². The number of hydrogen-bond acceptors (Lipinski definition) is 1. The van der Waals surface area contributed by atoms with E-state index in [1.165, 1.54) is 116 Å². The zero-order valence-corrected chi connectivity index (χ0v) is 39.0. The van der Waals surface area contributed by atoms with Crippen LogP contribution in [0.3, 0.4) is 0 Å². The highest BCUT2D eigenvalue weighted by Gasteiger charge is 2.54. The molecular weight excluding hydrogens is 845 g/mol. The lowest BCUT2D eigenvalue weighted by Gasteiger charge is -2.31. The second-order valence-corrected chi connectivity index (χ2v) is 19.9. The fourth-order valence-corrected chi connectivity index (χ4v) is 13.4. The number of para-hydroxylation sites is 3. The van der Waals surface area contributed by atoms with Gasteiger partial charge in [0.05, 0.1) is 22.1 Å². The number of aromatic nitrogens is 1. The number of benzene rings is 11. The van der Waals surface area contributed by atoms with E-state index in [1.54, 1.807) is 0 Å². The van der Waals surface area contributed by atoms with Gasteiger partial charge in [-0.1, -0.05) is 196 Å². The van der Waals surface area contributed by atoms with E-state index in [9.17, 15) is 0 Å². The van der Waals surface area contributed by atoms with Gasteiger partial charge in [-0.05, 0) is 144 Å². The molecule has 0 fully saturated rings. The first-order valence-corrected chi connectivity index (χ1v) is 24.6. The van der Waals surface area contributed by atoms with Crippen LogP contribution in [-0.4, -0.2) is 4.57 Å². The van der Waals surface area contributed by atoms with Gasteiger partial charge in [-0.25, -0.2) is 0 Å². The van der Waals surface area contributed by atoms with Crippen molar-refractivity contribution in [2.24, 2.45) is 0 Å². The molecule has 328 valence electrons. The summed E-state index contributed by atoms with van der Waals surface area (Å²) in [6.07, 6.45) is 0. The van der Waals surface area contributed by atoms with Crippen molar-refractivity contribution in [2.45, 2.75) is 24.7 Å². The summed E-state index contributed by atoms with van der Waals surface area (Å²) >= 11 is 0. The first-order chi connectivity index (χ1) is 34.5. The molecule has 2 heteroatoms. The van der Waals surface area contributed by atoms with Crippen molar-refractivity contribution in [3.05, 3.63) is 276 Å². The maximum atomic E-state index is 2.52. The van der Waals surface area contributed by atoms with Crippen molar-refractivity contribution in [1.29, 1.82) is 0 Å². The highest BCUT2D eigenvalue weighted by molar-refractivity contribution is 6.15. The SMILES string of the molecule is CC1(C)c2c(ccc3c2-c2ccccc2C32c3ccccc3-c3ccc(-c4ccc(N(c5ccccc5)c5cccc6ccccc56)cc4)cc32)-c2ccc3c(c21)c1ccccc1n3-c1ccccc1. The average molecular weight is 891 g/mol. The molecule has 12 aromatic rings. The molecule has 0 bridgehead atoms. The summed E-state index contributed by atoms with van der Waals surface area (Å²) in [5, 5.41) is 5.10. The summed E-state index contributed by atoms with van der Waals surface area (Å²) < 4.78 is 2.46. The quantitative estimate of drug-likeness (QED) is 0.167. The highest BCUT2D eigenvalue weighted by atomic mass is 15.1. The Morgan fingerprint density at radius 1 is 0.371 bits per heavy atom. The van der Waals surface area contributed by atoms with Gasteiger partial charge in [0.15, 0.2) is 0 Å². The van der Waals surface area contributed by atoms with Crippen LogP contribution in [0.25, 0.3) is 82.8 Å². The third kappa shape index (κ3) is 5.12. The molecule has 1 unspecified atom stereocenters. The van der Waals surface area contributed by atoms with Crippen LogP contribution < -0.4 is 4.90 Å². The molecule has 0 radical (unpaired) electrons. The molecule has 0 N–H and O–H groups in total. The van der Waals surface area contributed by atoms with Crippen molar-refractivity contribution < 1.29 is 0 Å². The molecule has 0 aliphatic heterocycles. The van der Waals surface area contributed by atoms with Crippen LogP contribution >= 0.6 is 0 Å². The number of anilines is 3. The summed E-state index contributed by atoms with van der Waals surface area (Å²) in [7, 11) is 0. The Balaban J connectivity index is 0.916. The Morgan fingerprint density at radius 3 is 1.77 bits per heavy atom. The molecule has 1 atom stereocenters. The van der Waals surface area contributed by atoms with Crippen LogP contribution in [0.1, 0.15) is 47.2 Å². The lowest BCUT2D eigenvalue weighted by Crippen LogP contribution is -2.26. The number of rotatable bonds is 5. The van der Waals surface area contributed by atoms with Crippen molar-refractivity contribution in [2.75, 3.05) is 4.90 Å². The third-order valence-electron chi connectivity index (χ3n) is 16.1. The molecular formula is C68H46N2. The van der Waals surface area contributed by atoms with Crippen molar-refractivity contribution in [3.8, 4) is 50.2 Å². The Labute approximate surface area is 408 Å². The maximum absolute atomic E-state index is 2.52. The Hall–Kier alpha value is -8.72. The normalized spacial score (nSPS) is 15.5. The smallest absolute Gasteiger partial charge is 0.0725 e. The van der Waals surface area contributed by atoms with Gasteiger partial charge in [0.2, 0.25) is 0 Å². The van der Waals surface area contributed by atoms with Crippen LogP contribution in [-0.2, 0) is 10.8 Å². The zero-order valence-electron chi connectivity index (χ0n) is 39.0. The zero-order chi connectivity index (χ0) is 46.3. The lowest BCUT2D eigenvalue weighted by atomic mass is 9.69. The fourth-order valence-electron chi connectivity index (χ4n) is 13.4. The molecule has 0 saturated heterocycles. The summed E-state index contributed by atoms with van der Waals surface area (Å²) in [5.74, 6) is 0. The summed E-state index contributed by atoms with van der Waals surface area (Å²) in [5.41, 5.74) is 25.0. The van der Waals surface area contributed by atoms with E-state index in [0.717, 1.165) is 17.1 Å². The van der Waals surface area contributed by atoms with Crippen molar-refractivity contribution in [3.63, 3.8) is 0 Å². The molecule has 1 aromatic heterocycles. The van der Waals surface area contributed by atoms with Gasteiger partial charge in [0.25, 0.3) is 0 Å². The van der Waals surface area contributed by atoms with E-state index in [4.69, 9.17) is 0 Å². The van der Waals surface area contributed by atoms with Crippen LogP contribution in [0.5, 0.6) is 0 Å². The standard InChI is InChI=1S/C68H46N2/c1-67(2)65-52(53-39-41-62-64(66(53)67)55-27-13-16-30-61(55)70(62)47-22-7-4-8-23-47)38-40-58-63(65)54-26-12-15-29-57(54)68(58)56-28-14-11-25-50(56)51-37-34-45(42-59(51)68)43-32-35-48(36-33-43)69(46-20-5-3-6-21-46)60-31-17-19-44-18-9-10-24-49(44)60/h3-42H,1-2H3. The van der Waals surface area contributed by atoms with Gasteiger partial charge in [0.1, 0.15) is 0 Å². The number of fused-ring (bicyclic) bond motifs is 19. The van der Waals surface area contributed by atoms with E-state index in [0.29, 0.717) is 0 Å².